The molecule has 36 heavy (non-hydrogen) atoms. The molecule has 2 amide bonds. The van der Waals surface area contributed by atoms with Gasteiger partial charge in [-0.1, -0.05) is 37.1 Å². The number of fused-ring (bicyclic) bond motifs is 1. The van der Waals surface area contributed by atoms with Gasteiger partial charge in [0.05, 0.1) is 11.6 Å². The smallest absolute Gasteiger partial charge is 0.337 e. The first-order valence-electron chi connectivity index (χ1n) is 12.9. The Hall–Kier alpha value is -2.87. The third-order valence-corrected chi connectivity index (χ3v) is 8.00. The molecule has 0 bridgehead atoms. The Balaban J connectivity index is 1.25. The van der Waals surface area contributed by atoms with Crippen molar-refractivity contribution in [3.8, 4) is 0 Å². The number of alkyl halides is 3. The quantitative estimate of drug-likeness (QED) is 0.617. The molecule has 1 aliphatic carbocycles. The number of amides is 2. The highest BCUT2D eigenvalue weighted by Gasteiger charge is 2.40. The summed E-state index contributed by atoms with van der Waals surface area (Å²) < 4.78 is 38.6. The van der Waals surface area contributed by atoms with Crippen LogP contribution < -0.4 is 0 Å². The second-order valence-corrected chi connectivity index (χ2v) is 10.2. The first-order valence-corrected chi connectivity index (χ1v) is 12.9. The minimum Gasteiger partial charge on any atom is -0.337 e. The SMILES string of the molecule is O=C(c1ccc(C(F)(F)F)cc1)N1CCN(C(C(=O)N2CCc3ccccc3C2)C2CCCC2)CC1. The number of nitrogens with zero attached hydrogens (tertiary/aromatic N) is 3. The van der Waals surface area contributed by atoms with Crippen molar-refractivity contribution in [3.63, 3.8) is 0 Å². The van der Waals surface area contributed by atoms with Gasteiger partial charge >= 0.3 is 6.18 Å². The fourth-order valence-electron chi connectivity index (χ4n) is 5.99. The number of halogens is 3. The van der Waals surface area contributed by atoms with Crippen molar-refractivity contribution in [3.05, 3.63) is 70.8 Å². The summed E-state index contributed by atoms with van der Waals surface area (Å²) in [6.45, 7) is 3.46. The molecule has 2 aliphatic heterocycles. The number of carbonyl (C=O) groups is 2. The third-order valence-electron chi connectivity index (χ3n) is 8.00. The van der Waals surface area contributed by atoms with Crippen LogP contribution in [0.3, 0.4) is 0 Å². The van der Waals surface area contributed by atoms with Crippen molar-refractivity contribution in [1.82, 2.24) is 14.7 Å². The summed E-state index contributed by atoms with van der Waals surface area (Å²) in [6.07, 6.45) is 0.824. The van der Waals surface area contributed by atoms with Crippen molar-refractivity contribution in [2.45, 2.75) is 50.9 Å². The average molecular weight is 500 g/mol. The van der Waals surface area contributed by atoms with Crippen LogP contribution in [0, 0.1) is 5.92 Å². The average Bonchev–Trinajstić information content (AvgIpc) is 3.42. The van der Waals surface area contributed by atoms with Crippen molar-refractivity contribution < 1.29 is 22.8 Å². The molecule has 1 saturated carbocycles. The maximum atomic E-state index is 13.9. The summed E-state index contributed by atoms with van der Waals surface area (Å²) in [5.74, 6) is 0.255. The third kappa shape index (κ3) is 5.14. The van der Waals surface area contributed by atoms with Gasteiger partial charge in [-0.25, -0.2) is 0 Å². The molecular formula is C28H32F3N3O2. The molecule has 1 atom stereocenters. The standard InChI is InChI=1S/C28H32F3N3O2/c29-28(30,31)24-11-9-22(10-12-24)26(35)33-17-15-32(16-18-33)25(21-6-2-3-7-21)27(36)34-14-13-20-5-1-4-8-23(20)19-34/h1,4-5,8-12,21,25H,2-3,6-7,13-19H2. The van der Waals surface area contributed by atoms with Gasteiger partial charge in [-0.05, 0) is 60.6 Å². The van der Waals surface area contributed by atoms with Gasteiger partial charge < -0.3 is 9.80 Å². The molecule has 0 spiro atoms. The second-order valence-electron chi connectivity index (χ2n) is 10.2. The Morgan fingerprint density at radius 3 is 2.08 bits per heavy atom. The van der Waals surface area contributed by atoms with E-state index in [4.69, 9.17) is 0 Å². The lowest BCUT2D eigenvalue weighted by Crippen LogP contribution is -2.58. The Labute approximate surface area is 209 Å². The Bertz CT molecular complexity index is 1090. The number of hydrogen-bond donors (Lipinski definition) is 0. The summed E-state index contributed by atoms with van der Waals surface area (Å²) in [5, 5.41) is 0. The van der Waals surface area contributed by atoms with Crippen LogP contribution in [0.1, 0.15) is 52.7 Å². The van der Waals surface area contributed by atoms with Crippen molar-refractivity contribution in [2.75, 3.05) is 32.7 Å². The molecule has 2 heterocycles. The van der Waals surface area contributed by atoms with Crippen LogP contribution in [-0.2, 0) is 23.9 Å². The minimum absolute atomic E-state index is 0.180. The number of rotatable bonds is 4. The van der Waals surface area contributed by atoms with E-state index in [1.807, 2.05) is 17.0 Å². The molecule has 192 valence electrons. The van der Waals surface area contributed by atoms with Crippen LogP contribution in [0.4, 0.5) is 13.2 Å². The maximum absolute atomic E-state index is 13.9. The number of benzene rings is 2. The molecule has 0 N–H and O–H groups in total. The van der Waals surface area contributed by atoms with Crippen molar-refractivity contribution in [2.24, 2.45) is 5.92 Å². The molecule has 8 heteroatoms. The van der Waals surface area contributed by atoms with Gasteiger partial charge in [-0.3, -0.25) is 14.5 Å². The Kier molecular flexibility index (Phi) is 7.06. The lowest BCUT2D eigenvalue weighted by molar-refractivity contribution is -0.141. The zero-order chi connectivity index (χ0) is 25.3. The molecule has 1 saturated heterocycles. The molecule has 2 aromatic rings. The fourth-order valence-corrected chi connectivity index (χ4v) is 5.99. The van der Waals surface area contributed by atoms with Crippen molar-refractivity contribution in [1.29, 1.82) is 0 Å². The van der Waals surface area contributed by atoms with E-state index in [1.165, 1.54) is 23.3 Å². The molecule has 5 nitrogen and oxygen atoms in total. The summed E-state index contributed by atoms with van der Waals surface area (Å²) in [6, 6.07) is 12.5. The topological polar surface area (TPSA) is 43.9 Å². The highest BCUT2D eigenvalue weighted by molar-refractivity contribution is 5.94. The van der Waals surface area contributed by atoms with Crippen molar-refractivity contribution >= 4 is 11.8 Å². The van der Waals surface area contributed by atoms with E-state index in [-0.39, 0.29) is 23.4 Å². The van der Waals surface area contributed by atoms with E-state index in [0.717, 1.165) is 50.8 Å². The van der Waals surface area contributed by atoms with E-state index in [2.05, 4.69) is 17.0 Å². The van der Waals surface area contributed by atoms with E-state index in [1.54, 1.807) is 4.90 Å². The summed E-state index contributed by atoms with van der Waals surface area (Å²) >= 11 is 0. The van der Waals surface area contributed by atoms with Gasteiger partial charge in [-0.15, -0.1) is 0 Å². The lowest BCUT2D eigenvalue weighted by Gasteiger charge is -2.43. The predicted molar refractivity (Wildman–Crippen MR) is 130 cm³/mol. The van der Waals surface area contributed by atoms with Gasteiger partial charge in [0.25, 0.3) is 5.91 Å². The zero-order valence-electron chi connectivity index (χ0n) is 20.3. The van der Waals surface area contributed by atoms with Crippen LogP contribution in [0.5, 0.6) is 0 Å². The van der Waals surface area contributed by atoms with Gasteiger partial charge in [0.1, 0.15) is 0 Å². The molecule has 0 aromatic heterocycles. The number of piperazine rings is 1. The van der Waals surface area contributed by atoms with E-state index < -0.39 is 11.7 Å². The number of hydrogen-bond acceptors (Lipinski definition) is 3. The predicted octanol–water partition coefficient (Wildman–Crippen LogP) is 4.61. The largest absolute Gasteiger partial charge is 0.416 e. The molecule has 1 unspecified atom stereocenters. The Morgan fingerprint density at radius 1 is 0.806 bits per heavy atom. The summed E-state index contributed by atoms with van der Waals surface area (Å²) in [7, 11) is 0. The van der Waals surface area contributed by atoms with E-state index >= 15 is 0 Å². The van der Waals surface area contributed by atoms with E-state index in [9.17, 15) is 22.8 Å². The van der Waals surface area contributed by atoms with E-state index in [0.29, 0.717) is 38.6 Å². The van der Waals surface area contributed by atoms with Crippen LogP contribution in [-0.4, -0.2) is 65.3 Å². The van der Waals surface area contributed by atoms with Crippen LogP contribution in [0.2, 0.25) is 0 Å². The van der Waals surface area contributed by atoms with Crippen LogP contribution >= 0.6 is 0 Å². The van der Waals surface area contributed by atoms with Gasteiger partial charge in [0, 0.05) is 44.8 Å². The normalized spacial score (nSPS) is 20.3. The minimum atomic E-state index is -4.43. The van der Waals surface area contributed by atoms with Crippen LogP contribution in [0.15, 0.2) is 48.5 Å². The van der Waals surface area contributed by atoms with Gasteiger partial charge in [-0.2, -0.15) is 13.2 Å². The fraction of sp³-hybridized carbons (Fsp3) is 0.500. The number of carbonyl (C=O) groups excluding carboxylic acids is 2. The zero-order valence-corrected chi connectivity index (χ0v) is 20.3. The monoisotopic (exact) mass is 499 g/mol. The first kappa shape index (κ1) is 24.8. The highest BCUT2D eigenvalue weighted by atomic mass is 19.4. The van der Waals surface area contributed by atoms with Crippen LogP contribution in [0.25, 0.3) is 0 Å². The summed E-state index contributed by atoms with van der Waals surface area (Å²) in [4.78, 5) is 32.7. The molecule has 0 radical (unpaired) electrons. The molecule has 5 rings (SSSR count). The second kappa shape index (κ2) is 10.2. The molecule has 3 aliphatic rings. The molecule has 2 aromatic carbocycles. The first-order chi connectivity index (χ1) is 17.3. The lowest BCUT2D eigenvalue weighted by atomic mass is 9.92. The molecular weight excluding hydrogens is 467 g/mol. The highest BCUT2D eigenvalue weighted by Crippen LogP contribution is 2.33. The molecule has 2 fully saturated rings. The van der Waals surface area contributed by atoms with Gasteiger partial charge in [0.15, 0.2) is 0 Å². The summed E-state index contributed by atoms with van der Waals surface area (Å²) in [5.41, 5.74) is 2.03. The van der Waals surface area contributed by atoms with Gasteiger partial charge in [0.2, 0.25) is 5.91 Å². The maximum Gasteiger partial charge on any atom is 0.416 e. The Morgan fingerprint density at radius 2 is 1.44 bits per heavy atom.